The van der Waals surface area contributed by atoms with E-state index in [4.69, 9.17) is 4.74 Å². The van der Waals surface area contributed by atoms with E-state index in [9.17, 15) is 0 Å². The molecule has 2 heteroatoms. The summed E-state index contributed by atoms with van der Waals surface area (Å²) < 4.78 is 5.16. The highest BCUT2D eigenvalue weighted by Gasteiger charge is 2.10. The Kier molecular flexibility index (Phi) is 7.76. The van der Waals surface area contributed by atoms with E-state index in [1.54, 1.807) is 7.11 Å². The quantitative estimate of drug-likeness (QED) is 0.688. The molecule has 0 fully saturated rings. The van der Waals surface area contributed by atoms with Gasteiger partial charge in [-0.15, -0.1) is 0 Å². The third-order valence-corrected chi connectivity index (χ3v) is 3.42. The first kappa shape index (κ1) is 16.2. The minimum atomic E-state index is 0.558. The van der Waals surface area contributed by atoms with E-state index in [1.165, 1.54) is 17.5 Å². The number of nitrogens with one attached hydrogen (secondary N) is 1. The Morgan fingerprint density at radius 2 is 1.84 bits per heavy atom. The van der Waals surface area contributed by atoms with Crippen LogP contribution in [0.2, 0.25) is 0 Å². The van der Waals surface area contributed by atoms with Crippen LogP contribution in [0.15, 0.2) is 24.3 Å². The summed E-state index contributed by atoms with van der Waals surface area (Å²) >= 11 is 0. The van der Waals surface area contributed by atoms with Crippen molar-refractivity contribution >= 4 is 0 Å². The molecule has 0 aliphatic rings. The zero-order chi connectivity index (χ0) is 14.1. The van der Waals surface area contributed by atoms with Crippen molar-refractivity contribution in [1.82, 2.24) is 5.32 Å². The van der Waals surface area contributed by atoms with Crippen LogP contribution in [0.4, 0.5) is 0 Å². The Morgan fingerprint density at radius 1 is 1.16 bits per heavy atom. The molecule has 0 heterocycles. The fraction of sp³-hybridized carbons (Fsp3) is 0.647. The summed E-state index contributed by atoms with van der Waals surface area (Å²) in [5.74, 6) is 0.695. The second-order valence-corrected chi connectivity index (χ2v) is 5.75. The molecule has 1 rings (SSSR count). The Labute approximate surface area is 118 Å². The lowest BCUT2D eigenvalue weighted by atomic mass is 9.94. The molecule has 2 nitrogen and oxygen atoms in total. The van der Waals surface area contributed by atoms with Crippen LogP contribution in [0.25, 0.3) is 0 Å². The maximum Gasteiger partial charge on any atom is 0.0462 e. The zero-order valence-corrected chi connectivity index (χ0v) is 12.9. The first-order valence-corrected chi connectivity index (χ1v) is 7.39. The highest BCUT2D eigenvalue weighted by Crippen LogP contribution is 2.15. The van der Waals surface area contributed by atoms with Crippen molar-refractivity contribution in [3.05, 3.63) is 35.4 Å². The molecular weight excluding hydrogens is 234 g/mol. The summed E-state index contributed by atoms with van der Waals surface area (Å²) in [6.45, 7) is 8.51. The first-order chi connectivity index (χ1) is 9.11. The van der Waals surface area contributed by atoms with E-state index in [0.717, 1.165) is 26.0 Å². The van der Waals surface area contributed by atoms with Gasteiger partial charge in [0.1, 0.15) is 0 Å². The minimum Gasteiger partial charge on any atom is -0.385 e. The largest absolute Gasteiger partial charge is 0.385 e. The number of ether oxygens (including phenoxy) is 1. The third kappa shape index (κ3) is 7.34. The Hall–Kier alpha value is -0.860. The topological polar surface area (TPSA) is 21.3 Å². The lowest BCUT2D eigenvalue weighted by molar-refractivity contribution is 0.186. The summed E-state index contributed by atoms with van der Waals surface area (Å²) in [5, 5.41) is 3.56. The summed E-state index contributed by atoms with van der Waals surface area (Å²) in [6.07, 6.45) is 3.53. The van der Waals surface area contributed by atoms with Crippen LogP contribution >= 0.6 is 0 Å². The van der Waals surface area contributed by atoms with E-state index in [-0.39, 0.29) is 0 Å². The number of methoxy groups -OCH3 is 1. The molecule has 1 atom stereocenters. The van der Waals surface area contributed by atoms with Crippen molar-refractivity contribution in [2.45, 2.75) is 46.1 Å². The molecule has 1 unspecified atom stereocenters. The third-order valence-electron chi connectivity index (χ3n) is 3.42. The standard InChI is InChI=1S/C17H29NO/c1-14(2)18-13-17(6-5-11-19-4)12-16-9-7-15(3)8-10-16/h7-10,14,17-18H,5-6,11-13H2,1-4H3. The number of hydrogen-bond acceptors (Lipinski definition) is 2. The number of aryl methyl sites for hydroxylation is 1. The van der Waals surface area contributed by atoms with Gasteiger partial charge in [0.2, 0.25) is 0 Å². The van der Waals surface area contributed by atoms with Gasteiger partial charge in [-0.25, -0.2) is 0 Å². The molecule has 0 spiro atoms. The van der Waals surface area contributed by atoms with Gasteiger partial charge in [0, 0.05) is 19.8 Å². The molecule has 1 aromatic rings. The van der Waals surface area contributed by atoms with Crippen molar-refractivity contribution in [1.29, 1.82) is 0 Å². The van der Waals surface area contributed by atoms with Crippen LogP contribution in [0.3, 0.4) is 0 Å². The van der Waals surface area contributed by atoms with Gasteiger partial charge in [-0.3, -0.25) is 0 Å². The highest BCUT2D eigenvalue weighted by atomic mass is 16.5. The lowest BCUT2D eigenvalue weighted by Gasteiger charge is -2.19. The molecule has 108 valence electrons. The summed E-state index contributed by atoms with van der Waals surface area (Å²) in [5.41, 5.74) is 2.78. The van der Waals surface area contributed by atoms with Gasteiger partial charge in [0.25, 0.3) is 0 Å². The molecule has 0 bridgehead atoms. The molecule has 19 heavy (non-hydrogen) atoms. The van der Waals surface area contributed by atoms with Gasteiger partial charge in [-0.2, -0.15) is 0 Å². The monoisotopic (exact) mass is 263 g/mol. The van der Waals surface area contributed by atoms with Crippen LogP contribution in [0, 0.1) is 12.8 Å². The number of rotatable bonds is 9. The predicted octanol–water partition coefficient (Wildman–Crippen LogP) is 3.58. The van der Waals surface area contributed by atoms with Crippen LogP contribution in [-0.4, -0.2) is 26.3 Å². The van der Waals surface area contributed by atoms with E-state index in [0.29, 0.717) is 12.0 Å². The molecule has 0 aliphatic heterocycles. The molecule has 0 amide bonds. The molecule has 0 aromatic heterocycles. The van der Waals surface area contributed by atoms with Gasteiger partial charge in [0.15, 0.2) is 0 Å². The van der Waals surface area contributed by atoms with E-state index in [1.807, 2.05) is 0 Å². The van der Waals surface area contributed by atoms with Crippen molar-refractivity contribution in [3.8, 4) is 0 Å². The summed E-state index contributed by atoms with van der Waals surface area (Å²) in [4.78, 5) is 0. The number of hydrogen-bond donors (Lipinski definition) is 1. The normalized spacial score (nSPS) is 12.9. The Balaban J connectivity index is 2.48. The molecule has 1 N–H and O–H groups in total. The van der Waals surface area contributed by atoms with Gasteiger partial charge < -0.3 is 10.1 Å². The fourth-order valence-electron chi connectivity index (χ4n) is 2.25. The molecule has 0 radical (unpaired) electrons. The minimum absolute atomic E-state index is 0.558. The molecular formula is C17H29NO. The van der Waals surface area contributed by atoms with Crippen molar-refractivity contribution < 1.29 is 4.74 Å². The second kappa shape index (κ2) is 9.11. The highest BCUT2D eigenvalue weighted by molar-refractivity contribution is 5.21. The lowest BCUT2D eigenvalue weighted by Crippen LogP contribution is -2.30. The zero-order valence-electron chi connectivity index (χ0n) is 12.9. The summed E-state index contributed by atoms with van der Waals surface area (Å²) in [7, 11) is 1.78. The van der Waals surface area contributed by atoms with Gasteiger partial charge in [-0.05, 0) is 44.2 Å². The maximum absolute atomic E-state index is 5.16. The molecule has 1 aromatic carbocycles. The van der Waals surface area contributed by atoms with Crippen molar-refractivity contribution in [2.24, 2.45) is 5.92 Å². The van der Waals surface area contributed by atoms with Crippen molar-refractivity contribution in [3.63, 3.8) is 0 Å². The molecule has 0 aliphatic carbocycles. The van der Waals surface area contributed by atoms with E-state index >= 15 is 0 Å². The van der Waals surface area contributed by atoms with Crippen LogP contribution in [0.1, 0.15) is 37.8 Å². The van der Waals surface area contributed by atoms with Crippen LogP contribution in [-0.2, 0) is 11.2 Å². The molecule has 0 saturated carbocycles. The smallest absolute Gasteiger partial charge is 0.0462 e. The first-order valence-electron chi connectivity index (χ1n) is 7.39. The van der Waals surface area contributed by atoms with Crippen LogP contribution in [0.5, 0.6) is 0 Å². The van der Waals surface area contributed by atoms with E-state index < -0.39 is 0 Å². The van der Waals surface area contributed by atoms with Gasteiger partial charge in [0.05, 0.1) is 0 Å². The Bertz CT molecular complexity index is 332. The molecule has 0 saturated heterocycles. The predicted molar refractivity (Wildman–Crippen MR) is 82.6 cm³/mol. The number of benzene rings is 1. The van der Waals surface area contributed by atoms with E-state index in [2.05, 4.69) is 50.4 Å². The maximum atomic E-state index is 5.16. The summed E-state index contributed by atoms with van der Waals surface area (Å²) in [6, 6.07) is 9.49. The average Bonchev–Trinajstić information content (AvgIpc) is 2.38. The fourth-order valence-corrected chi connectivity index (χ4v) is 2.25. The van der Waals surface area contributed by atoms with Crippen molar-refractivity contribution in [2.75, 3.05) is 20.3 Å². The average molecular weight is 263 g/mol. The Morgan fingerprint density at radius 3 is 2.42 bits per heavy atom. The van der Waals surface area contributed by atoms with Gasteiger partial charge >= 0.3 is 0 Å². The van der Waals surface area contributed by atoms with Gasteiger partial charge in [-0.1, -0.05) is 43.7 Å². The van der Waals surface area contributed by atoms with Crippen LogP contribution < -0.4 is 5.32 Å². The SMILES string of the molecule is COCCCC(CNC(C)C)Cc1ccc(C)cc1. The second-order valence-electron chi connectivity index (χ2n) is 5.75.